The summed E-state index contributed by atoms with van der Waals surface area (Å²) in [6.45, 7) is 12.6. The van der Waals surface area contributed by atoms with Gasteiger partial charge in [-0.3, -0.25) is 0 Å². The monoisotopic (exact) mass is 238 g/mol. The van der Waals surface area contributed by atoms with Gasteiger partial charge in [-0.25, -0.2) is 0 Å². The van der Waals surface area contributed by atoms with Crippen molar-refractivity contribution in [2.75, 3.05) is 0 Å². The van der Waals surface area contributed by atoms with Gasteiger partial charge in [0.05, 0.1) is 0 Å². The van der Waals surface area contributed by atoms with Crippen molar-refractivity contribution in [3.63, 3.8) is 0 Å². The molecule has 0 heterocycles. The van der Waals surface area contributed by atoms with Gasteiger partial charge in [-0.05, 0) is 16.4 Å². The Hall–Kier alpha value is -0.630. The maximum Gasteiger partial charge on any atom is 0.123 e. The highest BCUT2D eigenvalue weighted by Gasteiger charge is 2.32. The van der Waals surface area contributed by atoms with Crippen molar-refractivity contribution in [3.8, 4) is 0 Å². The fourth-order valence-electron chi connectivity index (χ4n) is 2.10. The number of allylic oxidation sites excluding steroid dienone is 3. The van der Waals surface area contributed by atoms with Crippen LogP contribution in [0, 0.1) is 10.8 Å². The van der Waals surface area contributed by atoms with E-state index >= 15 is 0 Å². The van der Waals surface area contributed by atoms with Gasteiger partial charge in [0, 0.05) is 16.9 Å². The zero-order valence-corrected chi connectivity index (χ0v) is 12.0. The van der Waals surface area contributed by atoms with Gasteiger partial charge in [-0.15, -0.1) is 0 Å². The molecule has 1 rings (SSSR count). The summed E-state index contributed by atoms with van der Waals surface area (Å²) in [6.07, 6.45) is 2.84. The molecule has 0 aliphatic heterocycles. The van der Waals surface area contributed by atoms with Crippen LogP contribution in [0.2, 0.25) is 0 Å². The Morgan fingerprint density at radius 3 is 1.94 bits per heavy atom. The van der Waals surface area contributed by atoms with Crippen molar-refractivity contribution in [2.45, 2.75) is 48.0 Å². The van der Waals surface area contributed by atoms with Crippen molar-refractivity contribution in [2.24, 2.45) is 10.8 Å². The van der Waals surface area contributed by atoms with E-state index in [1.807, 2.05) is 0 Å². The summed E-state index contributed by atoms with van der Waals surface area (Å²) in [4.78, 5) is 0.873. The molecule has 0 spiro atoms. The van der Waals surface area contributed by atoms with Crippen LogP contribution in [0.15, 0.2) is 23.0 Å². The molecule has 0 atom stereocenters. The summed E-state index contributed by atoms with van der Waals surface area (Å²) in [5.41, 5.74) is 1.84. The fraction of sp³-hybridized carbons (Fsp3) is 0.643. The molecule has 0 unspecified atom stereocenters. The molecular formula is C14H22OS. The number of aliphatic hydroxyl groups is 1. The first kappa shape index (κ1) is 13.4. The lowest BCUT2D eigenvalue weighted by Gasteiger charge is -2.33. The minimum Gasteiger partial charge on any atom is -0.507 e. The zero-order valence-electron chi connectivity index (χ0n) is 11.1. The molecule has 0 amide bonds. The Labute approximate surface area is 104 Å². The van der Waals surface area contributed by atoms with E-state index in [-0.39, 0.29) is 10.8 Å². The highest BCUT2D eigenvalue weighted by Crippen LogP contribution is 2.40. The molecule has 0 saturated carbocycles. The lowest BCUT2D eigenvalue weighted by molar-refractivity contribution is 0.355. The summed E-state index contributed by atoms with van der Waals surface area (Å²) in [5.74, 6) is 0.399. The van der Waals surface area contributed by atoms with Gasteiger partial charge in [-0.2, -0.15) is 0 Å². The van der Waals surface area contributed by atoms with Gasteiger partial charge in [0.15, 0.2) is 0 Å². The van der Waals surface area contributed by atoms with Crippen LogP contribution >= 0.6 is 12.2 Å². The lowest BCUT2D eigenvalue weighted by Crippen LogP contribution is -2.25. The topological polar surface area (TPSA) is 20.2 Å². The van der Waals surface area contributed by atoms with Crippen molar-refractivity contribution in [1.82, 2.24) is 0 Å². The first-order valence-electron chi connectivity index (χ1n) is 5.73. The summed E-state index contributed by atoms with van der Waals surface area (Å²) < 4.78 is 0. The molecule has 0 fully saturated rings. The predicted molar refractivity (Wildman–Crippen MR) is 73.9 cm³/mol. The Morgan fingerprint density at radius 2 is 1.56 bits per heavy atom. The first-order valence-corrected chi connectivity index (χ1v) is 6.14. The van der Waals surface area contributed by atoms with Crippen molar-refractivity contribution >= 4 is 17.1 Å². The van der Waals surface area contributed by atoms with Gasteiger partial charge in [0.2, 0.25) is 0 Å². The lowest BCUT2D eigenvalue weighted by atomic mass is 9.74. The molecule has 2 heteroatoms. The molecule has 0 bridgehead atoms. The Morgan fingerprint density at radius 1 is 1.06 bits per heavy atom. The highest BCUT2D eigenvalue weighted by molar-refractivity contribution is 7.80. The molecule has 1 nitrogen and oxygen atoms in total. The largest absolute Gasteiger partial charge is 0.507 e. The van der Waals surface area contributed by atoms with Gasteiger partial charge < -0.3 is 5.11 Å². The number of hydrogen-bond donors (Lipinski definition) is 1. The van der Waals surface area contributed by atoms with Crippen molar-refractivity contribution in [1.29, 1.82) is 0 Å². The molecule has 0 aromatic heterocycles. The second-order valence-electron chi connectivity index (χ2n) is 6.47. The van der Waals surface area contributed by atoms with Crippen molar-refractivity contribution in [3.05, 3.63) is 23.0 Å². The number of thiocarbonyl (C=S) groups is 1. The van der Waals surface area contributed by atoms with E-state index in [9.17, 15) is 5.11 Å². The van der Waals surface area contributed by atoms with Crippen LogP contribution in [0.3, 0.4) is 0 Å². The molecular weight excluding hydrogens is 216 g/mol. The third-order valence-electron chi connectivity index (χ3n) is 2.82. The molecule has 0 saturated heterocycles. The van der Waals surface area contributed by atoms with E-state index in [4.69, 9.17) is 12.2 Å². The van der Waals surface area contributed by atoms with Gasteiger partial charge >= 0.3 is 0 Å². The molecule has 1 aliphatic rings. The van der Waals surface area contributed by atoms with Gasteiger partial charge in [0.25, 0.3) is 0 Å². The molecule has 1 N–H and O–H groups in total. The third-order valence-corrected chi connectivity index (χ3v) is 3.19. The van der Waals surface area contributed by atoms with Crippen LogP contribution in [0.4, 0.5) is 0 Å². The normalized spacial score (nSPS) is 18.9. The van der Waals surface area contributed by atoms with Crippen molar-refractivity contribution < 1.29 is 5.11 Å². The fourth-order valence-corrected chi connectivity index (χ4v) is 2.58. The maximum atomic E-state index is 10.4. The Balaban J connectivity index is 3.33. The summed E-state index contributed by atoms with van der Waals surface area (Å²) in [7, 11) is 0. The average Bonchev–Trinajstić information content (AvgIpc) is 1.97. The third kappa shape index (κ3) is 2.54. The molecule has 0 aromatic carbocycles. The van der Waals surface area contributed by atoms with E-state index in [1.165, 1.54) is 0 Å². The van der Waals surface area contributed by atoms with Crippen LogP contribution in [0.1, 0.15) is 48.0 Å². The van der Waals surface area contributed by atoms with E-state index in [0.717, 1.165) is 22.4 Å². The van der Waals surface area contributed by atoms with E-state index < -0.39 is 0 Å². The first-order chi connectivity index (χ1) is 7.05. The maximum absolute atomic E-state index is 10.4. The minimum atomic E-state index is -0.0913. The predicted octanol–water partition coefficient (Wildman–Crippen LogP) is 4.59. The minimum absolute atomic E-state index is 0.0311. The summed E-state index contributed by atoms with van der Waals surface area (Å²) in [6, 6.07) is 0. The number of rotatable bonds is 0. The molecule has 16 heavy (non-hydrogen) atoms. The highest BCUT2D eigenvalue weighted by atomic mass is 32.1. The molecule has 0 aromatic rings. The standard InChI is InChI=1S/C14H22OS/c1-13(2,3)9-7-8-10(16)11(12(9)15)14(4,5)6/h7,15H,8H2,1-6H3. The van der Waals surface area contributed by atoms with E-state index in [2.05, 4.69) is 47.6 Å². The van der Waals surface area contributed by atoms with Crippen LogP contribution in [0.25, 0.3) is 0 Å². The molecule has 90 valence electrons. The van der Waals surface area contributed by atoms with Crippen LogP contribution < -0.4 is 0 Å². The summed E-state index contributed by atoms with van der Waals surface area (Å²) >= 11 is 5.37. The summed E-state index contributed by atoms with van der Waals surface area (Å²) in [5, 5.41) is 10.4. The SMILES string of the molecule is CC(C)(C)C1=CCC(=S)C(C(C)(C)C)=C1O. The van der Waals surface area contributed by atoms with E-state index in [0.29, 0.717) is 5.76 Å². The zero-order chi connectivity index (χ0) is 12.7. The smallest absolute Gasteiger partial charge is 0.123 e. The second-order valence-corrected chi connectivity index (χ2v) is 6.96. The van der Waals surface area contributed by atoms with Gasteiger partial charge in [0.1, 0.15) is 5.76 Å². The number of hydrogen-bond acceptors (Lipinski definition) is 2. The second kappa shape index (κ2) is 3.99. The van der Waals surface area contributed by atoms with E-state index in [1.54, 1.807) is 0 Å². The van der Waals surface area contributed by atoms with Crippen LogP contribution in [-0.4, -0.2) is 9.97 Å². The number of aliphatic hydroxyl groups excluding tert-OH is 1. The quantitative estimate of drug-likeness (QED) is 0.623. The van der Waals surface area contributed by atoms with Crippen LogP contribution in [0.5, 0.6) is 0 Å². The van der Waals surface area contributed by atoms with Gasteiger partial charge in [-0.1, -0.05) is 59.8 Å². The van der Waals surface area contributed by atoms with Crippen LogP contribution in [-0.2, 0) is 0 Å². The average molecular weight is 238 g/mol. The molecule has 1 aliphatic carbocycles. The Kier molecular flexibility index (Phi) is 3.35. The Bertz CT molecular complexity index is 373. The molecule has 0 radical (unpaired) electrons.